The average Bonchev–Trinajstić information content (AvgIpc) is 3.10. The Morgan fingerprint density at radius 1 is 1.22 bits per heavy atom. The van der Waals surface area contributed by atoms with Crippen molar-refractivity contribution >= 4 is 17.6 Å². The van der Waals surface area contributed by atoms with Crippen LogP contribution >= 0.6 is 0 Å². The van der Waals surface area contributed by atoms with Crippen LogP contribution in [-0.4, -0.2) is 34.7 Å². The molecule has 0 N–H and O–H groups in total. The van der Waals surface area contributed by atoms with Gasteiger partial charge in [0.2, 0.25) is 0 Å². The number of rotatable bonds is 4. The molecule has 5 heteroatoms. The number of carbonyl (C=O) groups is 1. The van der Waals surface area contributed by atoms with E-state index in [0.717, 1.165) is 37.2 Å². The van der Waals surface area contributed by atoms with Crippen LogP contribution in [0.15, 0.2) is 48.7 Å². The molecule has 0 bridgehead atoms. The normalized spacial score (nSPS) is 17.7. The lowest BCUT2D eigenvalue weighted by Gasteiger charge is -2.31. The lowest BCUT2D eigenvalue weighted by atomic mass is 10.0. The van der Waals surface area contributed by atoms with Crippen LogP contribution in [0.1, 0.15) is 52.1 Å². The fourth-order valence-corrected chi connectivity index (χ4v) is 3.61. The summed E-state index contributed by atoms with van der Waals surface area (Å²) in [4.78, 5) is 21.8. The average molecular weight is 367 g/mol. The molecule has 1 atom stereocenters. The maximum absolute atomic E-state index is 13.1. The Morgan fingerprint density at radius 2 is 1.96 bits per heavy atom. The summed E-state index contributed by atoms with van der Waals surface area (Å²) in [6, 6.07) is 13.9. The summed E-state index contributed by atoms with van der Waals surface area (Å²) in [6.07, 6.45) is 3.56. The second kappa shape index (κ2) is 8.09. The largest absolute Gasteiger partial charge is 0.443 e. The van der Waals surface area contributed by atoms with Crippen LogP contribution in [0.5, 0.6) is 0 Å². The third-order valence-electron chi connectivity index (χ3n) is 4.75. The molecule has 1 amide bonds. The Bertz CT molecular complexity index is 771. The molecule has 144 valence electrons. The molecule has 1 saturated heterocycles. The van der Waals surface area contributed by atoms with E-state index in [0.29, 0.717) is 5.82 Å². The van der Waals surface area contributed by atoms with Gasteiger partial charge in [-0.05, 0) is 64.9 Å². The SMILES string of the molecule is CCN1CCCC1c1cccnc1N(C(=O)OC(C)(C)C)c1ccccc1. The molecule has 0 spiro atoms. The molecule has 3 rings (SSSR count). The highest BCUT2D eigenvalue weighted by Gasteiger charge is 2.32. The highest BCUT2D eigenvalue weighted by atomic mass is 16.6. The summed E-state index contributed by atoms with van der Waals surface area (Å²) < 4.78 is 5.71. The molecule has 2 heterocycles. The van der Waals surface area contributed by atoms with Crippen LogP contribution in [0, 0.1) is 0 Å². The van der Waals surface area contributed by atoms with Gasteiger partial charge >= 0.3 is 6.09 Å². The van der Waals surface area contributed by atoms with E-state index in [9.17, 15) is 4.79 Å². The third-order valence-corrected chi connectivity index (χ3v) is 4.75. The number of aromatic nitrogens is 1. The molecule has 2 aromatic rings. The molecule has 27 heavy (non-hydrogen) atoms. The van der Waals surface area contributed by atoms with Gasteiger partial charge in [0.05, 0.1) is 5.69 Å². The number of likely N-dealkylation sites (tertiary alicyclic amines) is 1. The van der Waals surface area contributed by atoms with Crippen molar-refractivity contribution in [3.8, 4) is 0 Å². The maximum atomic E-state index is 13.1. The van der Waals surface area contributed by atoms with E-state index in [1.54, 1.807) is 11.1 Å². The predicted molar refractivity (Wildman–Crippen MR) is 108 cm³/mol. The molecular formula is C22H29N3O2. The Labute approximate surface area is 162 Å². The summed E-state index contributed by atoms with van der Waals surface area (Å²) in [7, 11) is 0. The third kappa shape index (κ3) is 4.48. The lowest BCUT2D eigenvalue weighted by molar-refractivity contribution is 0.0597. The first-order chi connectivity index (χ1) is 12.9. The van der Waals surface area contributed by atoms with Gasteiger partial charge in [0.15, 0.2) is 0 Å². The highest BCUT2D eigenvalue weighted by molar-refractivity contribution is 5.96. The fourth-order valence-electron chi connectivity index (χ4n) is 3.61. The Hall–Kier alpha value is -2.40. The molecule has 0 radical (unpaired) electrons. The number of carbonyl (C=O) groups excluding carboxylic acids is 1. The Kier molecular flexibility index (Phi) is 5.80. The van der Waals surface area contributed by atoms with Crippen molar-refractivity contribution in [2.45, 2.75) is 52.2 Å². The molecule has 1 aliphatic heterocycles. The number of hydrogen-bond donors (Lipinski definition) is 0. The van der Waals surface area contributed by atoms with E-state index in [1.807, 2.05) is 57.2 Å². The first kappa shape index (κ1) is 19.4. The summed E-state index contributed by atoms with van der Waals surface area (Å²) in [5.74, 6) is 0.656. The zero-order valence-electron chi connectivity index (χ0n) is 16.7. The molecule has 1 aromatic carbocycles. The van der Waals surface area contributed by atoms with Crippen LogP contribution in [0.3, 0.4) is 0 Å². The van der Waals surface area contributed by atoms with Crippen LogP contribution < -0.4 is 4.90 Å². The van der Waals surface area contributed by atoms with Crippen LogP contribution in [0.2, 0.25) is 0 Å². The monoisotopic (exact) mass is 367 g/mol. The quantitative estimate of drug-likeness (QED) is 0.734. The first-order valence-electron chi connectivity index (χ1n) is 9.68. The van der Waals surface area contributed by atoms with E-state index >= 15 is 0 Å². The van der Waals surface area contributed by atoms with E-state index in [4.69, 9.17) is 4.74 Å². The van der Waals surface area contributed by atoms with Gasteiger partial charge in [0.25, 0.3) is 0 Å². The minimum absolute atomic E-state index is 0.271. The van der Waals surface area contributed by atoms with Gasteiger partial charge in [0, 0.05) is 17.8 Å². The van der Waals surface area contributed by atoms with Gasteiger partial charge < -0.3 is 4.74 Å². The Balaban J connectivity index is 2.07. The number of nitrogens with zero attached hydrogens (tertiary/aromatic N) is 3. The summed E-state index contributed by atoms with van der Waals surface area (Å²) in [6.45, 7) is 9.87. The van der Waals surface area contributed by atoms with Crippen molar-refractivity contribution in [1.29, 1.82) is 0 Å². The molecule has 1 unspecified atom stereocenters. The van der Waals surface area contributed by atoms with E-state index in [2.05, 4.69) is 22.9 Å². The lowest BCUT2D eigenvalue weighted by Crippen LogP contribution is -2.35. The molecular weight excluding hydrogens is 338 g/mol. The van der Waals surface area contributed by atoms with Gasteiger partial charge in [-0.25, -0.2) is 14.7 Å². The van der Waals surface area contributed by atoms with Crippen molar-refractivity contribution < 1.29 is 9.53 Å². The molecule has 1 fully saturated rings. The number of anilines is 2. The fraction of sp³-hybridized carbons (Fsp3) is 0.455. The van der Waals surface area contributed by atoms with E-state index < -0.39 is 11.7 Å². The number of para-hydroxylation sites is 1. The number of benzene rings is 1. The molecule has 5 nitrogen and oxygen atoms in total. The second-order valence-electron chi connectivity index (χ2n) is 7.85. The highest BCUT2D eigenvalue weighted by Crippen LogP contribution is 2.38. The van der Waals surface area contributed by atoms with Crippen molar-refractivity contribution in [3.63, 3.8) is 0 Å². The van der Waals surface area contributed by atoms with E-state index in [1.165, 1.54) is 0 Å². The van der Waals surface area contributed by atoms with Crippen LogP contribution in [0.4, 0.5) is 16.3 Å². The standard InChI is InChI=1S/C22H29N3O2/c1-5-24-16-10-14-19(24)18-13-9-15-23-20(18)25(17-11-7-6-8-12-17)21(26)27-22(2,3)4/h6-9,11-13,15,19H,5,10,14,16H2,1-4H3. The number of pyridine rings is 1. The number of hydrogen-bond acceptors (Lipinski definition) is 4. The topological polar surface area (TPSA) is 45.7 Å². The Morgan fingerprint density at radius 3 is 2.63 bits per heavy atom. The van der Waals surface area contributed by atoms with Crippen LogP contribution in [0.25, 0.3) is 0 Å². The van der Waals surface area contributed by atoms with E-state index in [-0.39, 0.29) is 6.04 Å². The summed E-state index contributed by atoms with van der Waals surface area (Å²) >= 11 is 0. The van der Waals surface area contributed by atoms with Crippen molar-refractivity contribution in [3.05, 3.63) is 54.2 Å². The zero-order chi connectivity index (χ0) is 19.4. The van der Waals surface area contributed by atoms with Gasteiger partial charge in [-0.15, -0.1) is 0 Å². The van der Waals surface area contributed by atoms with Crippen LogP contribution in [-0.2, 0) is 4.74 Å². The summed E-state index contributed by atoms with van der Waals surface area (Å²) in [5, 5.41) is 0. The predicted octanol–water partition coefficient (Wildman–Crippen LogP) is 5.31. The molecule has 0 saturated carbocycles. The van der Waals surface area contributed by atoms with Crippen molar-refractivity contribution in [1.82, 2.24) is 9.88 Å². The number of ether oxygens (including phenoxy) is 1. The van der Waals surface area contributed by atoms with Gasteiger partial charge in [-0.1, -0.05) is 31.2 Å². The minimum Gasteiger partial charge on any atom is -0.443 e. The van der Waals surface area contributed by atoms with Crippen molar-refractivity contribution in [2.24, 2.45) is 0 Å². The van der Waals surface area contributed by atoms with Gasteiger partial charge in [-0.3, -0.25) is 4.90 Å². The first-order valence-corrected chi connectivity index (χ1v) is 9.68. The minimum atomic E-state index is -0.581. The smallest absolute Gasteiger partial charge is 0.420 e. The molecule has 1 aliphatic rings. The maximum Gasteiger partial charge on any atom is 0.420 e. The molecule has 1 aromatic heterocycles. The number of amides is 1. The van der Waals surface area contributed by atoms with Crippen molar-refractivity contribution in [2.75, 3.05) is 18.0 Å². The zero-order valence-corrected chi connectivity index (χ0v) is 16.7. The second-order valence-corrected chi connectivity index (χ2v) is 7.85. The van der Waals surface area contributed by atoms with Gasteiger partial charge in [0.1, 0.15) is 11.4 Å². The molecule has 0 aliphatic carbocycles. The van der Waals surface area contributed by atoms with Gasteiger partial charge in [-0.2, -0.15) is 0 Å². The summed E-state index contributed by atoms with van der Waals surface area (Å²) in [5.41, 5.74) is 1.25.